The van der Waals surface area contributed by atoms with Crippen molar-refractivity contribution in [3.05, 3.63) is 58.9 Å². The van der Waals surface area contributed by atoms with Crippen molar-refractivity contribution in [1.29, 1.82) is 0 Å². The van der Waals surface area contributed by atoms with Crippen LogP contribution in [-0.2, 0) is 0 Å². The minimum atomic E-state index is -0.167. The van der Waals surface area contributed by atoms with Gasteiger partial charge in [-0.25, -0.2) is 0 Å². The fourth-order valence-electron chi connectivity index (χ4n) is 1.79. The molecule has 0 bridgehead atoms. The molecule has 2 aromatic heterocycles. The summed E-state index contributed by atoms with van der Waals surface area (Å²) in [6.07, 6.45) is 3.51. The van der Waals surface area contributed by atoms with Crippen molar-refractivity contribution < 1.29 is 0 Å². The van der Waals surface area contributed by atoms with Gasteiger partial charge in [0.2, 0.25) is 5.65 Å². The largest absolute Gasteiger partial charge is 0.300 e. The molecule has 0 aliphatic heterocycles. The van der Waals surface area contributed by atoms with Crippen LogP contribution in [0.5, 0.6) is 0 Å². The van der Waals surface area contributed by atoms with Crippen LogP contribution in [0, 0.1) is 6.92 Å². The summed E-state index contributed by atoms with van der Waals surface area (Å²) < 4.78 is 3.24. The van der Waals surface area contributed by atoms with E-state index in [0.29, 0.717) is 11.5 Å². The molecule has 0 radical (unpaired) electrons. The van der Waals surface area contributed by atoms with Gasteiger partial charge >= 0.3 is 5.56 Å². The maximum Gasteiger partial charge on any atom is 0.300 e. The van der Waals surface area contributed by atoms with Gasteiger partial charge in [0.05, 0.1) is 0 Å². The summed E-state index contributed by atoms with van der Waals surface area (Å²) in [7, 11) is 0. The summed E-state index contributed by atoms with van der Waals surface area (Å²) in [5.41, 5.74) is 0.994. The van der Waals surface area contributed by atoms with Gasteiger partial charge in [0, 0.05) is 18.1 Å². The van der Waals surface area contributed by atoms with Crippen molar-refractivity contribution in [2.75, 3.05) is 0 Å². The third kappa shape index (κ3) is 1.44. The second-order valence-corrected chi connectivity index (χ2v) is 3.75. The Hall–Kier alpha value is -2.43. The fourth-order valence-corrected chi connectivity index (χ4v) is 1.79. The molecule has 1 aromatic carbocycles. The first-order valence-electron chi connectivity index (χ1n) is 5.26. The molecule has 0 spiro atoms. The van der Waals surface area contributed by atoms with Crippen LogP contribution >= 0.6 is 0 Å². The molecule has 0 N–H and O–H groups in total. The second-order valence-electron chi connectivity index (χ2n) is 3.75. The van der Waals surface area contributed by atoms with E-state index in [0.717, 1.165) is 5.69 Å². The van der Waals surface area contributed by atoms with Crippen molar-refractivity contribution in [3.63, 3.8) is 0 Å². The molecule has 17 heavy (non-hydrogen) atoms. The van der Waals surface area contributed by atoms with E-state index in [1.165, 1.54) is 0 Å². The number of para-hydroxylation sites is 1. The number of aryl methyl sites for hydroxylation is 1. The fraction of sp³-hybridized carbons (Fsp3) is 0.0833. The normalized spacial score (nSPS) is 10.9. The molecule has 84 valence electrons. The molecule has 0 unspecified atom stereocenters. The van der Waals surface area contributed by atoms with Gasteiger partial charge in [-0.3, -0.25) is 13.8 Å². The van der Waals surface area contributed by atoms with Crippen LogP contribution in [-0.4, -0.2) is 19.2 Å². The maximum atomic E-state index is 12.2. The molecular weight excluding hydrogens is 216 g/mol. The van der Waals surface area contributed by atoms with Crippen LogP contribution in [0.1, 0.15) is 5.82 Å². The van der Waals surface area contributed by atoms with E-state index < -0.39 is 0 Å². The van der Waals surface area contributed by atoms with Crippen LogP contribution < -0.4 is 5.56 Å². The molecule has 0 saturated heterocycles. The Morgan fingerprint density at radius 3 is 2.59 bits per heavy atom. The number of nitrogens with zero attached hydrogens (tertiary/aromatic N) is 4. The lowest BCUT2D eigenvalue weighted by atomic mass is 10.3. The minimum absolute atomic E-state index is 0.167. The van der Waals surface area contributed by atoms with Crippen LogP contribution in [0.4, 0.5) is 0 Å². The van der Waals surface area contributed by atoms with Crippen molar-refractivity contribution in [1.82, 2.24) is 19.2 Å². The Labute approximate surface area is 97.0 Å². The molecule has 0 saturated carbocycles. The average Bonchev–Trinajstić information content (AvgIpc) is 2.74. The van der Waals surface area contributed by atoms with Gasteiger partial charge in [-0.1, -0.05) is 18.2 Å². The van der Waals surface area contributed by atoms with Gasteiger partial charge in [-0.2, -0.15) is 0 Å². The van der Waals surface area contributed by atoms with Gasteiger partial charge in [0.1, 0.15) is 5.82 Å². The lowest BCUT2D eigenvalue weighted by Crippen LogP contribution is -2.20. The van der Waals surface area contributed by atoms with E-state index in [9.17, 15) is 4.79 Å². The molecule has 5 heteroatoms. The van der Waals surface area contributed by atoms with Crippen LogP contribution in [0.3, 0.4) is 0 Å². The molecule has 5 nitrogen and oxygen atoms in total. The van der Waals surface area contributed by atoms with Gasteiger partial charge in [0.25, 0.3) is 0 Å². The predicted octanol–water partition coefficient (Wildman–Crippen LogP) is 1.19. The lowest BCUT2D eigenvalue weighted by Gasteiger charge is -2.05. The summed E-state index contributed by atoms with van der Waals surface area (Å²) in [6.45, 7) is 1.81. The number of fused-ring (bicyclic) bond motifs is 1. The number of benzene rings is 1. The molecule has 0 aliphatic rings. The third-order valence-corrected chi connectivity index (χ3v) is 2.68. The van der Waals surface area contributed by atoms with E-state index in [1.807, 2.05) is 37.3 Å². The molecule has 0 aliphatic carbocycles. The van der Waals surface area contributed by atoms with Gasteiger partial charge in [-0.15, -0.1) is 10.2 Å². The van der Waals surface area contributed by atoms with Crippen molar-refractivity contribution in [2.45, 2.75) is 6.92 Å². The van der Waals surface area contributed by atoms with E-state index in [4.69, 9.17) is 0 Å². The zero-order valence-electron chi connectivity index (χ0n) is 9.24. The quantitative estimate of drug-likeness (QED) is 0.626. The first-order chi connectivity index (χ1) is 8.27. The standard InChI is InChI=1S/C12H10N4O/c1-9-13-14-11-12(17)16(8-7-15(9)11)10-5-3-2-4-6-10/h2-8H,1H3. The molecule has 2 heterocycles. The molecule has 0 atom stereocenters. The summed E-state index contributed by atoms with van der Waals surface area (Å²) in [6, 6.07) is 9.44. The molecule has 0 amide bonds. The summed E-state index contributed by atoms with van der Waals surface area (Å²) in [4.78, 5) is 12.2. The number of aromatic nitrogens is 4. The molecule has 3 aromatic rings. The summed E-state index contributed by atoms with van der Waals surface area (Å²) in [5.74, 6) is 0.706. The van der Waals surface area contributed by atoms with E-state index in [-0.39, 0.29) is 5.56 Å². The highest BCUT2D eigenvalue weighted by molar-refractivity contribution is 5.40. The Balaban J connectivity index is 2.33. The smallest absolute Gasteiger partial charge is 0.281 e. The Kier molecular flexibility index (Phi) is 2.04. The Morgan fingerprint density at radius 1 is 1.06 bits per heavy atom. The summed E-state index contributed by atoms with van der Waals surface area (Å²) in [5, 5.41) is 7.77. The van der Waals surface area contributed by atoms with Crippen molar-refractivity contribution >= 4 is 5.65 Å². The van der Waals surface area contributed by atoms with E-state index >= 15 is 0 Å². The zero-order chi connectivity index (χ0) is 11.8. The third-order valence-electron chi connectivity index (χ3n) is 2.68. The SMILES string of the molecule is Cc1nnc2c(=O)n(-c3ccccc3)ccn12. The van der Waals surface area contributed by atoms with E-state index in [1.54, 1.807) is 21.4 Å². The Bertz CT molecular complexity index is 727. The monoisotopic (exact) mass is 226 g/mol. The van der Waals surface area contributed by atoms with E-state index in [2.05, 4.69) is 10.2 Å². The number of hydrogen-bond donors (Lipinski definition) is 0. The van der Waals surface area contributed by atoms with Crippen LogP contribution in [0.2, 0.25) is 0 Å². The van der Waals surface area contributed by atoms with Crippen LogP contribution in [0.25, 0.3) is 11.3 Å². The highest BCUT2D eigenvalue weighted by Crippen LogP contribution is 2.05. The predicted molar refractivity (Wildman–Crippen MR) is 63.3 cm³/mol. The van der Waals surface area contributed by atoms with Crippen LogP contribution in [0.15, 0.2) is 47.5 Å². The highest BCUT2D eigenvalue weighted by Gasteiger charge is 2.08. The zero-order valence-corrected chi connectivity index (χ0v) is 9.24. The van der Waals surface area contributed by atoms with Gasteiger partial charge in [0.15, 0.2) is 0 Å². The first kappa shape index (κ1) is 9.77. The summed E-state index contributed by atoms with van der Waals surface area (Å²) >= 11 is 0. The molecule has 3 rings (SSSR count). The van der Waals surface area contributed by atoms with Gasteiger partial charge < -0.3 is 0 Å². The average molecular weight is 226 g/mol. The second kappa shape index (κ2) is 3.55. The van der Waals surface area contributed by atoms with Crippen molar-refractivity contribution in [3.8, 4) is 5.69 Å². The molecular formula is C12H10N4O. The maximum absolute atomic E-state index is 12.2. The lowest BCUT2D eigenvalue weighted by molar-refractivity contribution is 0.937. The molecule has 0 fully saturated rings. The number of rotatable bonds is 1. The highest BCUT2D eigenvalue weighted by atomic mass is 16.1. The van der Waals surface area contributed by atoms with Gasteiger partial charge in [-0.05, 0) is 19.1 Å². The topological polar surface area (TPSA) is 52.2 Å². The Morgan fingerprint density at radius 2 is 1.82 bits per heavy atom. The minimum Gasteiger partial charge on any atom is -0.281 e. The number of hydrogen-bond acceptors (Lipinski definition) is 3. The van der Waals surface area contributed by atoms with Crippen molar-refractivity contribution in [2.24, 2.45) is 0 Å². The first-order valence-corrected chi connectivity index (χ1v) is 5.26.